The molecule has 1 heterocycles. The molecule has 1 aromatic rings. The number of benzene rings is 1. The van der Waals surface area contributed by atoms with E-state index < -0.39 is 0 Å². The van der Waals surface area contributed by atoms with Crippen LogP contribution in [0.1, 0.15) is 31.7 Å². The maximum atomic E-state index is 13.6. The van der Waals surface area contributed by atoms with Gasteiger partial charge in [0.05, 0.1) is 0 Å². The van der Waals surface area contributed by atoms with Crippen LogP contribution < -0.4 is 5.32 Å². The van der Waals surface area contributed by atoms with E-state index in [9.17, 15) is 4.39 Å². The van der Waals surface area contributed by atoms with Crippen molar-refractivity contribution in [2.24, 2.45) is 0 Å². The molecule has 0 unspecified atom stereocenters. The highest BCUT2D eigenvalue weighted by molar-refractivity contribution is 6.30. The van der Waals surface area contributed by atoms with Gasteiger partial charge in [0.2, 0.25) is 0 Å². The summed E-state index contributed by atoms with van der Waals surface area (Å²) in [6.45, 7) is 6.29. The van der Waals surface area contributed by atoms with E-state index in [1.807, 2.05) is 0 Å². The molecule has 1 fully saturated rings. The van der Waals surface area contributed by atoms with Gasteiger partial charge >= 0.3 is 0 Å². The molecular weight excluding hydrogens is 263 g/mol. The second kappa shape index (κ2) is 7.22. The molecule has 2 nitrogen and oxygen atoms in total. The van der Waals surface area contributed by atoms with Crippen LogP contribution in [0.15, 0.2) is 18.2 Å². The van der Waals surface area contributed by atoms with Crippen LogP contribution in [0, 0.1) is 5.82 Å². The van der Waals surface area contributed by atoms with Gasteiger partial charge in [0.15, 0.2) is 0 Å². The average Bonchev–Trinajstić information content (AvgIpc) is 2.40. The molecule has 0 aromatic heterocycles. The molecule has 1 aliphatic rings. The van der Waals surface area contributed by atoms with Crippen molar-refractivity contribution in [2.75, 3.05) is 19.6 Å². The molecule has 2 rings (SSSR count). The van der Waals surface area contributed by atoms with Crippen molar-refractivity contribution in [3.05, 3.63) is 34.6 Å². The lowest BCUT2D eigenvalue weighted by Gasteiger charge is -2.32. The molecule has 1 aromatic carbocycles. The molecule has 0 aliphatic carbocycles. The van der Waals surface area contributed by atoms with Crippen LogP contribution in [0.4, 0.5) is 4.39 Å². The Hall–Kier alpha value is -0.640. The minimum absolute atomic E-state index is 0.219. The van der Waals surface area contributed by atoms with Crippen LogP contribution in [-0.2, 0) is 6.54 Å². The molecular formula is C15H22ClFN2. The third-order valence-electron chi connectivity index (χ3n) is 3.72. The molecule has 4 heteroatoms. The van der Waals surface area contributed by atoms with Crippen LogP contribution >= 0.6 is 11.6 Å². The van der Waals surface area contributed by atoms with Crippen molar-refractivity contribution < 1.29 is 4.39 Å². The predicted molar refractivity (Wildman–Crippen MR) is 78.0 cm³/mol. The minimum Gasteiger partial charge on any atom is -0.310 e. The van der Waals surface area contributed by atoms with Gasteiger partial charge in [0.1, 0.15) is 5.82 Å². The number of hydrogen-bond acceptors (Lipinski definition) is 2. The second-order valence-corrected chi connectivity index (χ2v) is 5.67. The fraction of sp³-hybridized carbons (Fsp3) is 0.600. The molecule has 0 atom stereocenters. The van der Waals surface area contributed by atoms with Crippen molar-refractivity contribution in [1.29, 1.82) is 0 Å². The van der Waals surface area contributed by atoms with Gasteiger partial charge in [-0.15, -0.1) is 0 Å². The number of hydrogen-bond donors (Lipinski definition) is 1. The molecule has 0 bridgehead atoms. The first kappa shape index (κ1) is 14.8. The van der Waals surface area contributed by atoms with E-state index in [4.69, 9.17) is 11.6 Å². The Morgan fingerprint density at radius 3 is 2.74 bits per heavy atom. The average molecular weight is 285 g/mol. The first-order chi connectivity index (χ1) is 9.19. The van der Waals surface area contributed by atoms with Crippen LogP contribution in [0.5, 0.6) is 0 Å². The zero-order valence-corrected chi connectivity index (χ0v) is 12.2. The maximum Gasteiger partial charge on any atom is 0.129 e. The van der Waals surface area contributed by atoms with Crippen LogP contribution in [-0.4, -0.2) is 30.6 Å². The van der Waals surface area contributed by atoms with Crippen LogP contribution in [0.2, 0.25) is 5.02 Å². The third-order valence-corrected chi connectivity index (χ3v) is 3.96. The van der Waals surface area contributed by atoms with E-state index in [0.717, 1.165) is 25.9 Å². The van der Waals surface area contributed by atoms with E-state index in [1.54, 1.807) is 12.1 Å². The summed E-state index contributed by atoms with van der Waals surface area (Å²) in [6, 6.07) is 5.38. The normalized spacial score (nSPS) is 17.8. The third kappa shape index (κ3) is 4.44. The van der Waals surface area contributed by atoms with E-state index in [0.29, 0.717) is 23.2 Å². The number of piperidine rings is 1. The molecule has 0 amide bonds. The fourth-order valence-electron chi connectivity index (χ4n) is 2.60. The van der Waals surface area contributed by atoms with E-state index in [2.05, 4.69) is 17.1 Å². The van der Waals surface area contributed by atoms with E-state index >= 15 is 0 Å². The lowest BCUT2D eigenvalue weighted by Crippen LogP contribution is -2.42. The summed E-state index contributed by atoms with van der Waals surface area (Å²) in [5.41, 5.74) is 0.695. The lowest BCUT2D eigenvalue weighted by molar-refractivity contribution is 0.197. The molecule has 1 N–H and O–H groups in total. The fourth-order valence-corrected chi connectivity index (χ4v) is 2.76. The quantitative estimate of drug-likeness (QED) is 0.891. The molecule has 1 saturated heterocycles. The zero-order chi connectivity index (χ0) is 13.7. The van der Waals surface area contributed by atoms with Gasteiger partial charge in [0.25, 0.3) is 0 Å². The SMILES string of the molecule is CCCN1CCC(NCc2ccc(Cl)cc2F)CC1. The summed E-state index contributed by atoms with van der Waals surface area (Å²) in [5.74, 6) is -0.219. The Bertz CT molecular complexity index is 403. The minimum atomic E-state index is -0.219. The van der Waals surface area contributed by atoms with E-state index in [1.165, 1.54) is 19.0 Å². The van der Waals surface area contributed by atoms with Gasteiger partial charge in [-0.2, -0.15) is 0 Å². The van der Waals surface area contributed by atoms with Crippen molar-refractivity contribution >= 4 is 11.6 Å². The monoisotopic (exact) mass is 284 g/mol. The van der Waals surface area contributed by atoms with Gasteiger partial charge in [-0.25, -0.2) is 4.39 Å². The molecule has 0 saturated carbocycles. The predicted octanol–water partition coefficient (Wildman–Crippen LogP) is 3.44. The standard InChI is InChI=1S/C15H22ClFN2/c1-2-7-19-8-5-14(6-9-19)18-11-12-3-4-13(16)10-15(12)17/h3-4,10,14,18H,2,5-9,11H2,1H3. The first-order valence-corrected chi connectivity index (χ1v) is 7.46. The van der Waals surface area contributed by atoms with Crippen molar-refractivity contribution in [2.45, 2.75) is 38.8 Å². The van der Waals surface area contributed by atoms with Crippen molar-refractivity contribution in [1.82, 2.24) is 10.2 Å². The highest BCUT2D eigenvalue weighted by atomic mass is 35.5. The Kier molecular flexibility index (Phi) is 5.61. The summed E-state index contributed by atoms with van der Waals surface area (Å²) >= 11 is 5.75. The van der Waals surface area contributed by atoms with Gasteiger partial charge in [-0.1, -0.05) is 24.6 Å². The molecule has 0 radical (unpaired) electrons. The number of halogens is 2. The van der Waals surface area contributed by atoms with Crippen molar-refractivity contribution in [3.8, 4) is 0 Å². The summed E-state index contributed by atoms with van der Waals surface area (Å²) in [7, 11) is 0. The van der Waals surface area contributed by atoms with Gasteiger partial charge < -0.3 is 10.2 Å². The largest absolute Gasteiger partial charge is 0.310 e. The van der Waals surface area contributed by atoms with Gasteiger partial charge in [-0.3, -0.25) is 0 Å². The van der Waals surface area contributed by atoms with Crippen molar-refractivity contribution in [3.63, 3.8) is 0 Å². The Labute approximate surface area is 119 Å². The number of nitrogens with one attached hydrogen (secondary N) is 1. The first-order valence-electron chi connectivity index (χ1n) is 7.08. The highest BCUT2D eigenvalue weighted by Gasteiger charge is 2.18. The summed E-state index contributed by atoms with van der Waals surface area (Å²) < 4.78 is 13.6. The summed E-state index contributed by atoms with van der Waals surface area (Å²) in [4.78, 5) is 2.50. The molecule has 106 valence electrons. The summed E-state index contributed by atoms with van der Waals surface area (Å²) in [6.07, 6.45) is 3.51. The van der Waals surface area contributed by atoms with Gasteiger partial charge in [0, 0.05) is 23.2 Å². The Balaban J connectivity index is 1.77. The summed E-state index contributed by atoms with van der Waals surface area (Å²) in [5, 5.41) is 3.90. The second-order valence-electron chi connectivity index (χ2n) is 5.23. The van der Waals surface area contributed by atoms with E-state index in [-0.39, 0.29) is 5.82 Å². The Morgan fingerprint density at radius 1 is 1.37 bits per heavy atom. The zero-order valence-electron chi connectivity index (χ0n) is 11.5. The maximum absolute atomic E-state index is 13.6. The Morgan fingerprint density at radius 2 is 2.11 bits per heavy atom. The van der Waals surface area contributed by atoms with Crippen LogP contribution in [0.3, 0.4) is 0 Å². The van der Waals surface area contributed by atoms with Crippen LogP contribution in [0.25, 0.3) is 0 Å². The molecule has 19 heavy (non-hydrogen) atoms. The topological polar surface area (TPSA) is 15.3 Å². The van der Waals surface area contributed by atoms with Gasteiger partial charge in [-0.05, 0) is 51.0 Å². The molecule has 1 aliphatic heterocycles. The smallest absolute Gasteiger partial charge is 0.129 e. The number of rotatable bonds is 5. The number of likely N-dealkylation sites (tertiary alicyclic amines) is 1. The highest BCUT2D eigenvalue weighted by Crippen LogP contribution is 2.16. The lowest BCUT2D eigenvalue weighted by atomic mass is 10.0. The number of nitrogens with zero attached hydrogens (tertiary/aromatic N) is 1. The molecule has 0 spiro atoms.